The summed E-state index contributed by atoms with van der Waals surface area (Å²) in [7, 11) is 1.69. The fourth-order valence-electron chi connectivity index (χ4n) is 3.66. The number of aliphatic hydroxyl groups excluding tert-OH is 1. The van der Waals surface area contributed by atoms with Gasteiger partial charge in [-0.3, -0.25) is 9.69 Å². The summed E-state index contributed by atoms with van der Waals surface area (Å²) < 4.78 is 0. The van der Waals surface area contributed by atoms with Crippen LogP contribution in [0.4, 0.5) is 4.79 Å². The minimum atomic E-state index is -0.910. The smallest absolute Gasteiger partial charge is 0.327 e. The number of carbonyl (C=O) groups is 2. The van der Waals surface area contributed by atoms with Crippen LogP contribution in [0.3, 0.4) is 0 Å². The van der Waals surface area contributed by atoms with Crippen LogP contribution >= 0.6 is 11.6 Å². The number of halogens is 1. The number of amides is 3. The van der Waals surface area contributed by atoms with Gasteiger partial charge in [0.25, 0.3) is 5.91 Å². The summed E-state index contributed by atoms with van der Waals surface area (Å²) in [6.45, 7) is -0.0224. The first-order chi connectivity index (χ1) is 11.0. The van der Waals surface area contributed by atoms with Crippen LogP contribution in [-0.2, 0) is 4.79 Å². The monoisotopic (exact) mass is 336 g/mol. The number of imide groups is 1. The number of hydrogen-bond donors (Lipinski definition) is 1. The van der Waals surface area contributed by atoms with Gasteiger partial charge in [-0.25, -0.2) is 4.79 Å². The van der Waals surface area contributed by atoms with Gasteiger partial charge in [-0.1, -0.05) is 43.0 Å². The molecule has 3 amide bonds. The summed E-state index contributed by atoms with van der Waals surface area (Å²) in [4.78, 5) is 28.1. The van der Waals surface area contributed by atoms with Crippen molar-refractivity contribution in [2.24, 2.45) is 0 Å². The molecule has 1 heterocycles. The van der Waals surface area contributed by atoms with Gasteiger partial charge in [-0.05, 0) is 30.5 Å². The molecule has 0 bridgehead atoms. The van der Waals surface area contributed by atoms with E-state index in [9.17, 15) is 14.7 Å². The molecule has 124 valence electrons. The van der Waals surface area contributed by atoms with Crippen LogP contribution in [0, 0.1) is 0 Å². The van der Waals surface area contributed by atoms with Crippen LogP contribution in [0.2, 0.25) is 5.02 Å². The molecule has 5 nitrogen and oxygen atoms in total. The van der Waals surface area contributed by atoms with E-state index < -0.39 is 11.6 Å². The van der Waals surface area contributed by atoms with Crippen molar-refractivity contribution in [3.63, 3.8) is 0 Å². The molecule has 23 heavy (non-hydrogen) atoms. The summed E-state index contributed by atoms with van der Waals surface area (Å²) in [5.41, 5.74) is -0.0584. The molecule has 1 aliphatic heterocycles. The fourth-order valence-corrected chi connectivity index (χ4v) is 3.78. The first-order valence-corrected chi connectivity index (χ1v) is 8.37. The molecule has 2 fully saturated rings. The Bertz CT molecular complexity index is 611. The third kappa shape index (κ3) is 2.72. The van der Waals surface area contributed by atoms with Crippen molar-refractivity contribution in [2.45, 2.75) is 43.7 Å². The molecule has 1 aromatic rings. The van der Waals surface area contributed by atoms with Gasteiger partial charge in [0.1, 0.15) is 5.54 Å². The Balaban J connectivity index is 1.78. The van der Waals surface area contributed by atoms with Gasteiger partial charge in [-0.15, -0.1) is 0 Å². The van der Waals surface area contributed by atoms with E-state index >= 15 is 0 Å². The Morgan fingerprint density at radius 2 is 1.78 bits per heavy atom. The second-order valence-electron chi connectivity index (χ2n) is 6.42. The number of urea groups is 1. The number of rotatable bonds is 3. The van der Waals surface area contributed by atoms with Gasteiger partial charge in [0, 0.05) is 12.1 Å². The third-order valence-electron chi connectivity index (χ3n) is 5.09. The third-order valence-corrected chi connectivity index (χ3v) is 5.35. The average Bonchev–Trinajstić information content (AvgIpc) is 2.72. The molecule has 0 radical (unpaired) electrons. The van der Waals surface area contributed by atoms with E-state index in [0.29, 0.717) is 23.4 Å². The van der Waals surface area contributed by atoms with E-state index in [0.717, 1.165) is 19.3 Å². The summed E-state index contributed by atoms with van der Waals surface area (Å²) in [6.07, 6.45) is 3.52. The Hall–Kier alpha value is -1.59. The molecular formula is C17H21ClN2O3. The Labute approximate surface area is 140 Å². The SMILES string of the molecule is CN1C(=O)N(CC(O)c2ccc(Cl)cc2)C(=O)C12CCCCC2. The van der Waals surface area contributed by atoms with Crippen molar-refractivity contribution in [1.29, 1.82) is 0 Å². The van der Waals surface area contributed by atoms with E-state index in [-0.39, 0.29) is 18.5 Å². The Morgan fingerprint density at radius 1 is 1.17 bits per heavy atom. The minimum Gasteiger partial charge on any atom is -0.387 e. The number of nitrogens with zero attached hydrogens (tertiary/aromatic N) is 2. The fraction of sp³-hybridized carbons (Fsp3) is 0.529. The minimum absolute atomic E-state index is 0.0224. The van der Waals surface area contributed by atoms with Crippen LogP contribution in [0.1, 0.15) is 43.8 Å². The highest BCUT2D eigenvalue weighted by Crippen LogP contribution is 2.39. The molecular weight excluding hydrogens is 316 g/mol. The maximum absolute atomic E-state index is 12.9. The van der Waals surface area contributed by atoms with Gasteiger partial charge < -0.3 is 10.0 Å². The van der Waals surface area contributed by atoms with Crippen molar-refractivity contribution in [3.8, 4) is 0 Å². The van der Waals surface area contributed by atoms with E-state index in [1.54, 1.807) is 36.2 Å². The van der Waals surface area contributed by atoms with E-state index in [2.05, 4.69) is 0 Å². The molecule has 6 heteroatoms. The topological polar surface area (TPSA) is 60.9 Å². The maximum Gasteiger partial charge on any atom is 0.327 e. The van der Waals surface area contributed by atoms with Crippen molar-refractivity contribution in [2.75, 3.05) is 13.6 Å². The zero-order chi connectivity index (χ0) is 16.6. The van der Waals surface area contributed by atoms with Gasteiger partial charge in [0.05, 0.1) is 12.6 Å². The van der Waals surface area contributed by atoms with Crippen molar-refractivity contribution in [3.05, 3.63) is 34.9 Å². The lowest BCUT2D eigenvalue weighted by Crippen LogP contribution is -2.49. The van der Waals surface area contributed by atoms with Crippen LogP contribution in [-0.4, -0.2) is 46.0 Å². The predicted octanol–water partition coefficient (Wildman–Crippen LogP) is 2.97. The van der Waals surface area contributed by atoms with Gasteiger partial charge >= 0.3 is 6.03 Å². The molecule has 3 rings (SSSR count). The van der Waals surface area contributed by atoms with E-state index in [1.165, 1.54) is 4.90 Å². The van der Waals surface area contributed by atoms with Crippen molar-refractivity contribution < 1.29 is 14.7 Å². The maximum atomic E-state index is 12.9. The van der Waals surface area contributed by atoms with E-state index in [4.69, 9.17) is 11.6 Å². The molecule has 1 spiro atoms. The number of carbonyl (C=O) groups excluding carboxylic acids is 2. The first kappa shape index (κ1) is 16.3. The van der Waals surface area contributed by atoms with Crippen LogP contribution < -0.4 is 0 Å². The summed E-state index contributed by atoms with van der Waals surface area (Å²) >= 11 is 5.84. The lowest BCUT2D eigenvalue weighted by molar-refractivity contribution is -0.135. The summed E-state index contributed by atoms with van der Waals surface area (Å²) in [5.74, 6) is -0.169. The van der Waals surface area contributed by atoms with E-state index in [1.807, 2.05) is 0 Å². The summed E-state index contributed by atoms with van der Waals surface area (Å²) in [5, 5.41) is 11.0. The highest BCUT2D eigenvalue weighted by Gasteiger charge is 2.55. The molecule has 0 aromatic heterocycles. The second-order valence-corrected chi connectivity index (χ2v) is 6.85. The van der Waals surface area contributed by atoms with Gasteiger partial charge in [0.2, 0.25) is 0 Å². The van der Waals surface area contributed by atoms with Crippen LogP contribution in [0.5, 0.6) is 0 Å². The Morgan fingerprint density at radius 3 is 2.39 bits per heavy atom. The molecule has 2 aliphatic rings. The average molecular weight is 337 g/mol. The number of likely N-dealkylation sites (N-methyl/N-ethyl adjacent to an activating group) is 1. The molecule has 1 aromatic carbocycles. The summed E-state index contributed by atoms with van der Waals surface area (Å²) in [6, 6.07) is 6.46. The zero-order valence-electron chi connectivity index (χ0n) is 13.2. The van der Waals surface area contributed by atoms with Gasteiger partial charge in [0.15, 0.2) is 0 Å². The lowest BCUT2D eigenvalue weighted by Gasteiger charge is -2.35. The van der Waals surface area contributed by atoms with Crippen LogP contribution in [0.15, 0.2) is 24.3 Å². The molecule has 1 atom stereocenters. The quantitative estimate of drug-likeness (QED) is 0.863. The lowest BCUT2D eigenvalue weighted by atomic mass is 9.80. The number of β-amino-alcohol motifs (C(OH)–C–C–N with tert-alkyl or cyclic N) is 1. The molecule has 1 unspecified atom stereocenters. The number of aliphatic hydroxyl groups is 1. The molecule has 1 N–H and O–H groups in total. The largest absolute Gasteiger partial charge is 0.387 e. The van der Waals surface area contributed by atoms with Gasteiger partial charge in [-0.2, -0.15) is 0 Å². The second kappa shape index (κ2) is 6.13. The highest BCUT2D eigenvalue weighted by atomic mass is 35.5. The van der Waals surface area contributed by atoms with Crippen LogP contribution in [0.25, 0.3) is 0 Å². The highest BCUT2D eigenvalue weighted by molar-refractivity contribution is 6.30. The Kier molecular flexibility index (Phi) is 4.34. The standard InChI is InChI=1S/C17H21ClN2O3/c1-19-16(23)20(15(22)17(19)9-3-2-4-10-17)11-14(21)12-5-7-13(18)8-6-12/h5-8,14,21H,2-4,9-11H2,1H3. The number of hydrogen-bond acceptors (Lipinski definition) is 3. The molecule has 1 aliphatic carbocycles. The van der Waals surface area contributed by atoms with Crippen molar-refractivity contribution >= 4 is 23.5 Å². The predicted molar refractivity (Wildman–Crippen MR) is 87.1 cm³/mol. The molecule has 1 saturated carbocycles. The zero-order valence-corrected chi connectivity index (χ0v) is 13.9. The number of benzene rings is 1. The normalized spacial score (nSPS) is 22.0. The first-order valence-electron chi connectivity index (χ1n) is 7.99. The van der Waals surface area contributed by atoms with Crippen molar-refractivity contribution in [1.82, 2.24) is 9.80 Å². The molecule has 1 saturated heterocycles.